The largest absolute Gasteiger partial charge is 0.458 e. The first-order valence-corrected chi connectivity index (χ1v) is 13.4. The summed E-state index contributed by atoms with van der Waals surface area (Å²) in [5.74, 6) is 3.55. The van der Waals surface area contributed by atoms with Crippen LogP contribution >= 0.6 is 0 Å². The maximum Gasteiger partial charge on any atom is 0.260 e. The first-order chi connectivity index (χ1) is 19.3. The SMILES string of the molecule is c1ccc2c(c1)Oc1cc(-c3cccc4c3ccc3cc5ccccc5cc34)cc3c1B2c1ccccc1O3. The lowest BCUT2D eigenvalue weighted by molar-refractivity contribution is 0.465. The van der Waals surface area contributed by atoms with Gasteiger partial charge in [0.15, 0.2) is 0 Å². The zero-order valence-electron chi connectivity index (χ0n) is 21.0. The second-order valence-corrected chi connectivity index (χ2v) is 10.5. The summed E-state index contributed by atoms with van der Waals surface area (Å²) in [5, 5.41) is 7.50. The molecule has 0 aromatic heterocycles. The molecule has 7 aromatic rings. The molecule has 180 valence electrons. The lowest BCUT2D eigenvalue weighted by Gasteiger charge is -2.33. The molecule has 9 rings (SSSR count). The van der Waals surface area contributed by atoms with Gasteiger partial charge in [0.05, 0.1) is 0 Å². The van der Waals surface area contributed by atoms with Gasteiger partial charge in [0.25, 0.3) is 6.71 Å². The molecule has 0 spiro atoms. The summed E-state index contributed by atoms with van der Waals surface area (Å²) in [5.41, 5.74) is 5.72. The molecular weight excluding hydrogens is 475 g/mol. The first kappa shape index (κ1) is 21.0. The van der Waals surface area contributed by atoms with Gasteiger partial charge in [-0.1, -0.05) is 91.0 Å². The van der Waals surface area contributed by atoms with E-state index in [9.17, 15) is 0 Å². The third kappa shape index (κ3) is 2.99. The minimum absolute atomic E-state index is 0.0868. The molecular formula is C36H21BO2. The third-order valence-electron chi connectivity index (χ3n) is 8.35. The van der Waals surface area contributed by atoms with Gasteiger partial charge in [-0.15, -0.1) is 0 Å². The van der Waals surface area contributed by atoms with Crippen molar-refractivity contribution in [3.63, 3.8) is 0 Å². The summed E-state index contributed by atoms with van der Waals surface area (Å²) >= 11 is 0. The fourth-order valence-corrected chi connectivity index (χ4v) is 6.58. The molecule has 0 amide bonds. The Labute approximate surface area is 226 Å². The van der Waals surface area contributed by atoms with Gasteiger partial charge in [0, 0.05) is 5.46 Å². The van der Waals surface area contributed by atoms with E-state index in [1.807, 2.05) is 12.1 Å². The highest BCUT2D eigenvalue weighted by Gasteiger charge is 2.40. The second-order valence-electron chi connectivity index (χ2n) is 10.5. The van der Waals surface area contributed by atoms with Gasteiger partial charge < -0.3 is 9.47 Å². The quantitative estimate of drug-likeness (QED) is 0.133. The monoisotopic (exact) mass is 496 g/mol. The van der Waals surface area contributed by atoms with Crippen LogP contribution in [-0.2, 0) is 0 Å². The van der Waals surface area contributed by atoms with Gasteiger partial charge in [0.2, 0.25) is 0 Å². The van der Waals surface area contributed by atoms with E-state index >= 15 is 0 Å². The summed E-state index contributed by atoms with van der Waals surface area (Å²) in [6, 6.07) is 45.4. The highest BCUT2D eigenvalue weighted by Crippen LogP contribution is 2.41. The smallest absolute Gasteiger partial charge is 0.260 e. The van der Waals surface area contributed by atoms with Gasteiger partial charge in [0.1, 0.15) is 23.0 Å². The predicted octanol–water partition coefficient (Wildman–Crippen LogP) is 7.54. The molecule has 0 N–H and O–H groups in total. The molecule has 39 heavy (non-hydrogen) atoms. The van der Waals surface area contributed by atoms with Crippen LogP contribution in [0.3, 0.4) is 0 Å². The van der Waals surface area contributed by atoms with Crippen molar-refractivity contribution in [2.45, 2.75) is 0 Å². The van der Waals surface area contributed by atoms with E-state index in [0.717, 1.165) is 34.0 Å². The second kappa shape index (κ2) is 7.75. The van der Waals surface area contributed by atoms with Crippen LogP contribution in [0.1, 0.15) is 0 Å². The van der Waals surface area contributed by atoms with Crippen molar-refractivity contribution in [3.8, 4) is 34.1 Å². The Morgan fingerprint density at radius 1 is 0.410 bits per heavy atom. The molecule has 0 bridgehead atoms. The molecule has 0 fully saturated rings. The molecule has 2 heterocycles. The number of hydrogen-bond acceptors (Lipinski definition) is 2. The maximum absolute atomic E-state index is 6.55. The topological polar surface area (TPSA) is 18.5 Å². The molecule has 0 atom stereocenters. The molecule has 0 unspecified atom stereocenters. The molecule has 0 saturated carbocycles. The molecule has 0 radical (unpaired) electrons. The van der Waals surface area contributed by atoms with Crippen molar-refractivity contribution >= 4 is 55.4 Å². The predicted molar refractivity (Wildman–Crippen MR) is 162 cm³/mol. The standard InChI is InChI=1S/C36H21BO2/c1-2-9-23-19-29-24(18-22(23)8-1)16-17-28-26(10-7-11-27(28)29)25-20-34-36-35(21-25)39-33-15-6-4-13-31(33)37(36)30-12-3-5-14-32(30)38-34/h1-21H. The average Bonchev–Trinajstić information content (AvgIpc) is 2.99. The number of rotatable bonds is 1. The van der Waals surface area contributed by atoms with Crippen LogP contribution in [0.25, 0.3) is 43.4 Å². The van der Waals surface area contributed by atoms with Gasteiger partial charge in [-0.2, -0.15) is 0 Å². The first-order valence-electron chi connectivity index (χ1n) is 13.4. The zero-order chi connectivity index (χ0) is 25.5. The third-order valence-corrected chi connectivity index (χ3v) is 8.35. The van der Waals surface area contributed by atoms with E-state index in [2.05, 4.69) is 115 Å². The minimum Gasteiger partial charge on any atom is -0.458 e. The molecule has 0 saturated heterocycles. The van der Waals surface area contributed by atoms with Crippen LogP contribution in [0, 0.1) is 0 Å². The Morgan fingerprint density at radius 2 is 1.05 bits per heavy atom. The van der Waals surface area contributed by atoms with Crippen LogP contribution in [0.5, 0.6) is 23.0 Å². The Morgan fingerprint density at radius 3 is 1.77 bits per heavy atom. The summed E-state index contributed by atoms with van der Waals surface area (Å²) < 4.78 is 13.1. The normalized spacial score (nSPS) is 13.0. The number of para-hydroxylation sites is 2. The van der Waals surface area contributed by atoms with Gasteiger partial charge in [-0.3, -0.25) is 0 Å². The zero-order valence-corrected chi connectivity index (χ0v) is 21.0. The van der Waals surface area contributed by atoms with E-state index in [4.69, 9.17) is 9.47 Å². The van der Waals surface area contributed by atoms with Crippen LogP contribution in [0.2, 0.25) is 0 Å². The summed E-state index contributed by atoms with van der Waals surface area (Å²) in [6.07, 6.45) is 0. The molecule has 2 aliphatic heterocycles. The van der Waals surface area contributed by atoms with Crippen molar-refractivity contribution in [3.05, 3.63) is 127 Å². The number of fused-ring (bicyclic) bond motifs is 8. The Bertz CT molecular complexity index is 2070. The Balaban J connectivity index is 1.29. The molecule has 0 aliphatic carbocycles. The van der Waals surface area contributed by atoms with Crippen LogP contribution in [0.4, 0.5) is 0 Å². The van der Waals surface area contributed by atoms with Crippen LogP contribution in [-0.4, -0.2) is 6.71 Å². The van der Waals surface area contributed by atoms with Crippen molar-refractivity contribution in [2.24, 2.45) is 0 Å². The van der Waals surface area contributed by atoms with Crippen molar-refractivity contribution < 1.29 is 9.47 Å². The van der Waals surface area contributed by atoms with E-state index in [0.29, 0.717) is 0 Å². The number of benzene rings is 7. The minimum atomic E-state index is 0.0868. The summed E-state index contributed by atoms with van der Waals surface area (Å²) in [6.45, 7) is 0.0868. The van der Waals surface area contributed by atoms with E-state index in [1.54, 1.807) is 0 Å². The average molecular weight is 496 g/mol. The molecule has 2 nitrogen and oxygen atoms in total. The highest BCUT2D eigenvalue weighted by atomic mass is 16.5. The maximum atomic E-state index is 6.55. The van der Waals surface area contributed by atoms with E-state index < -0.39 is 0 Å². The molecule has 2 aliphatic rings. The lowest BCUT2D eigenvalue weighted by atomic mass is 9.35. The fourth-order valence-electron chi connectivity index (χ4n) is 6.58. The van der Waals surface area contributed by atoms with Gasteiger partial charge >= 0.3 is 0 Å². The van der Waals surface area contributed by atoms with Crippen LogP contribution in [0.15, 0.2) is 127 Å². The van der Waals surface area contributed by atoms with E-state index in [1.165, 1.54) is 48.8 Å². The van der Waals surface area contributed by atoms with Crippen LogP contribution < -0.4 is 25.9 Å². The molecule has 3 heteroatoms. The number of hydrogen-bond donors (Lipinski definition) is 0. The Kier molecular flexibility index (Phi) is 4.17. The summed E-state index contributed by atoms with van der Waals surface area (Å²) in [4.78, 5) is 0. The summed E-state index contributed by atoms with van der Waals surface area (Å²) in [7, 11) is 0. The van der Waals surface area contributed by atoms with Crippen molar-refractivity contribution in [1.82, 2.24) is 0 Å². The van der Waals surface area contributed by atoms with Gasteiger partial charge in [-0.25, -0.2) is 0 Å². The molecule has 7 aromatic carbocycles. The van der Waals surface area contributed by atoms with Crippen molar-refractivity contribution in [1.29, 1.82) is 0 Å². The van der Waals surface area contributed by atoms with E-state index in [-0.39, 0.29) is 6.71 Å². The fraction of sp³-hybridized carbons (Fsp3) is 0. The van der Waals surface area contributed by atoms with Crippen molar-refractivity contribution in [2.75, 3.05) is 0 Å². The lowest BCUT2D eigenvalue weighted by Crippen LogP contribution is -2.57. The highest BCUT2D eigenvalue weighted by molar-refractivity contribution is 6.98. The Hall–Kier alpha value is -5.02. The number of ether oxygens (including phenoxy) is 2. The van der Waals surface area contributed by atoms with Gasteiger partial charge in [-0.05, 0) is 90.8 Å².